The molecule has 0 aromatic heterocycles. The van der Waals surface area contributed by atoms with E-state index < -0.39 is 23.8 Å². The van der Waals surface area contributed by atoms with Gasteiger partial charge in [-0.25, -0.2) is 4.79 Å². The van der Waals surface area contributed by atoms with E-state index in [1.807, 2.05) is 19.9 Å². The van der Waals surface area contributed by atoms with Crippen LogP contribution >= 0.6 is 0 Å². The number of esters is 1. The maximum atomic E-state index is 11.9. The number of methoxy groups -OCH3 is 1. The van der Waals surface area contributed by atoms with Gasteiger partial charge in [0.2, 0.25) is 11.8 Å². The molecule has 2 amide bonds. The van der Waals surface area contributed by atoms with Gasteiger partial charge in [-0.15, -0.1) is 0 Å². The molecule has 0 aliphatic heterocycles. The van der Waals surface area contributed by atoms with Crippen LogP contribution in [-0.2, 0) is 23.9 Å². The smallest absolute Gasteiger partial charge is 0.328 e. The number of rotatable bonds is 9. The predicted molar refractivity (Wildman–Crippen MR) is 94.0 cm³/mol. The summed E-state index contributed by atoms with van der Waals surface area (Å²) in [5.74, 6) is -1.27. The molecule has 0 spiro atoms. The van der Waals surface area contributed by atoms with Crippen LogP contribution in [-0.4, -0.2) is 44.1 Å². The Hall–Kier alpha value is -2.92. The van der Waals surface area contributed by atoms with E-state index in [0.717, 1.165) is 0 Å². The van der Waals surface area contributed by atoms with E-state index in [-0.39, 0.29) is 19.1 Å². The Balaban J connectivity index is 2.38. The number of ether oxygens (including phenoxy) is 2. The van der Waals surface area contributed by atoms with Crippen LogP contribution in [0.3, 0.4) is 0 Å². The van der Waals surface area contributed by atoms with Gasteiger partial charge in [-0.05, 0) is 36.6 Å². The largest absolute Gasteiger partial charge is 0.467 e. The summed E-state index contributed by atoms with van der Waals surface area (Å²) in [6.07, 6.45) is 0.442. The Kier molecular flexibility index (Phi) is 8.81. The van der Waals surface area contributed by atoms with Crippen molar-refractivity contribution >= 4 is 23.5 Å². The molecule has 1 aromatic carbocycles. The highest BCUT2D eigenvalue weighted by atomic mass is 16.5. The minimum Gasteiger partial charge on any atom is -0.467 e. The molecule has 0 saturated carbocycles. The molecule has 0 radical (unpaired) electrons. The van der Waals surface area contributed by atoms with E-state index in [1.165, 1.54) is 7.11 Å². The number of anilines is 1. The van der Waals surface area contributed by atoms with Crippen molar-refractivity contribution in [3.05, 3.63) is 29.8 Å². The van der Waals surface area contributed by atoms with Gasteiger partial charge < -0.3 is 20.1 Å². The van der Waals surface area contributed by atoms with Gasteiger partial charge in [-0.1, -0.05) is 13.8 Å². The number of nitrogens with zero attached hydrogens (tertiary/aromatic N) is 1. The van der Waals surface area contributed by atoms with E-state index in [9.17, 15) is 14.4 Å². The number of amides is 2. The Bertz CT molecular complexity index is 664. The van der Waals surface area contributed by atoms with Crippen LogP contribution in [0.1, 0.15) is 25.8 Å². The maximum absolute atomic E-state index is 11.9. The van der Waals surface area contributed by atoms with Crippen molar-refractivity contribution in [1.82, 2.24) is 5.32 Å². The Labute approximate surface area is 152 Å². The number of carbonyl (C=O) groups excluding carboxylic acids is 3. The van der Waals surface area contributed by atoms with Gasteiger partial charge in [0.25, 0.3) is 0 Å². The summed E-state index contributed by atoms with van der Waals surface area (Å²) in [6, 6.07) is 7.57. The number of hydrogen-bond donors (Lipinski definition) is 2. The summed E-state index contributed by atoms with van der Waals surface area (Å²) in [5, 5.41) is 13.8. The van der Waals surface area contributed by atoms with E-state index in [0.29, 0.717) is 17.7 Å². The Morgan fingerprint density at radius 1 is 1.12 bits per heavy atom. The van der Waals surface area contributed by atoms with Crippen molar-refractivity contribution in [2.75, 3.05) is 25.6 Å². The second kappa shape index (κ2) is 10.8. The van der Waals surface area contributed by atoms with Gasteiger partial charge in [0, 0.05) is 5.69 Å². The maximum Gasteiger partial charge on any atom is 0.328 e. The van der Waals surface area contributed by atoms with Crippen LogP contribution < -0.4 is 10.6 Å². The van der Waals surface area contributed by atoms with E-state index >= 15 is 0 Å². The molecule has 0 bridgehead atoms. The van der Waals surface area contributed by atoms with Crippen LogP contribution in [0.25, 0.3) is 0 Å². The van der Waals surface area contributed by atoms with Crippen LogP contribution in [0.15, 0.2) is 24.3 Å². The summed E-state index contributed by atoms with van der Waals surface area (Å²) < 4.78 is 9.73. The monoisotopic (exact) mass is 361 g/mol. The molecule has 1 atom stereocenters. The van der Waals surface area contributed by atoms with Gasteiger partial charge in [-0.3, -0.25) is 9.59 Å². The average molecular weight is 361 g/mol. The third-order valence-electron chi connectivity index (χ3n) is 3.29. The SMILES string of the molecule is COC(=O)[C@@H](CC(C)C)NC(=O)COCC(=O)Nc1ccc(C#N)cc1. The first-order valence-electron chi connectivity index (χ1n) is 8.10. The molecule has 1 aromatic rings. The molecule has 0 heterocycles. The third kappa shape index (κ3) is 7.77. The summed E-state index contributed by atoms with van der Waals surface area (Å²) in [6.45, 7) is 3.17. The first-order chi connectivity index (χ1) is 12.3. The minimum absolute atomic E-state index is 0.193. The molecule has 0 saturated heterocycles. The normalized spacial score (nSPS) is 11.3. The quantitative estimate of drug-likeness (QED) is 0.639. The second-order valence-electron chi connectivity index (χ2n) is 6.00. The molecule has 140 valence electrons. The minimum atomic E-state index is -0.747. The Morgan fingerprint density at radius 3 is 2.27 bits per heavy atom. The molecule has 0 fully saturated rings. The molecule has 8 heteroatoms. The fraction of sp³-hybridized carbons (Fsp3) is 0.444. The van der Waals surface area contributed by atoms with Gasteiger partial charge in [-0.2, -0.15) is 5.26 Å². The van der Waals surface area contributed by atoms with Crippen molar-refractivity contribution in [3.63, 3.8) is 0 Å². The zero-order chi connectivity index (χ0) is 19.5. The van der Waals surface area contributed by atoms with Crippen molar-refractivity contribution in [3.8, 4) is 6.07 Å². The number of hydrogen-bond acceptors (Lipinski definition) is 6. The van der Waals surface area contributed by atoms with Crippen LogP contribution in [0.2, 0.25) is 0 Å². The zero-order valence-corrected chi connectivity index (χ0v) is 15.1. The zero-order valence-electron chi connectivity index (χ0n) is 15.1. The fourth-order valence-corrected chi connectivity index (χ4v) is 2.13. The van der Waals surface area contributed by atoms with E-state index in [2.05, 4.69) is 15.4 Å². The molecule has 0 aliphatic rings. The second-order valence-corrected chi connectivity index (χ2v) is 6.00. The van der Waals surface area contributed by atoms with Crippen LogP contribution in [0, 0.1) is 17.2 Å². The molecule has 8 nitrogen and oxygen atoms in total. The lowest BCUT2D eigenvalue weighted by atomic mass is 10.0. The summed E-state index contributed by atoms with van der Waals surface area (Å²) in [7, 11) is 1.26. The first kappa shape index (κ1) is 21.1. The van der Waals surface area contributed by atoms with Gasteiger partial charge in [0.1, 0.15) is 19.3 Å². The standard InChI is InChI=1S/C18H23N3O5/c1-12(2)8-15(18(24)25-3)21-17(23)11-26-10-16(22)20-14-6-4-13(9-19)5-7-14/h4-7,12,15H,8,10-11H2,1-3H3,(H,20,22)(H,21,23)/t15-/m1/s1. The molecular weight excluding hydrogens is 338 g/mol. The van der Waals surface area contributed by atoms with Gasteiger partial charge in [0.05, 0.1) is 18.7 Å². The summed E-state index contributed by atoms with van der Waals surface area (Å²) in [5.41, 5.74) is 1.00. The van der Waals surface area contributed by atoms with Crippen molar-refractivity contribution in [1.29, 1.82) is 5.26 Å². The summed E-state index contributed by atoms with van der Waals surface area (Å²) in [4.78, 5) is 35.3. The highest BCUT2D eigenvalue weighted by Gasteiger charge is 2.22. The van der Waals surface area contributed by atoms with Crippen LogP contribution in [0.5, 0.6) is 0 Å². The molecule has 0 unspecified atom stereocenters. The number of carbonyl (C=O) groups is 3. The van der Waals surface area contributed by atoms with Crippen molar-refractivity contribution in [2.24, 2.45) is 5.92 Å². The molecule has 0 aliphatic carbocycles. The highest BCUT2D eigenvalue weighted by Crippen LogP contribution is 2.08. The predicted octanol–water partition coefficient (Wildman–Crippen LogP) is 1.22. The third-order valence-corrected chi connectivity index (χ3v) is 3.29. The molecule has 1 rings (SSSR count). The van der Waals surface area contributed by atoms with E-state index in [4.69, 9.17) is 10.00 Å². The van der Waals surface area contributed by atoms with Gasteiger partial charge in [0.15, 0.2) is 0 Å². The topological polar surface area (TPSA) is 118 Å². The lowest BCUT2D eigenvalue weighted by molar-refractivity contribution is -0.146. The van der Waals surface area contributed by atoms with E-state index in [1.54, 1.807) is 24.3 Å². The first-order valence-corrected chi connectivity index (χ1v) is 8.10. The molecule has 26 heavy (non-hydrogen) atoms. The fourth-order valence-electron chi connectivity index (χ4n) is 2.13. The highest BCUT2D eigenvalue weighted by molar-refractivity contribution is 5.92. The summed E-state index contributed by atoms with van der Waals surface area (Å²) >= 11 is 0. The Morgan fingerprint density at radius 2 is 1.73 bits per heavy atom. The van der Waals surface area contributed by atoms with Gasteiger partial charge >= 0.3 is 5.97 Å². The number of nitrogens with one attached hydrogen (secondary N) is 2. The lowest BCUT2D eigenvalue weighted by Gasteiger charge is -2.18. The molecule has 2 N–H and O–H groups in total. The van der Waals surface area contributed by atoms with Crippen molar-refractivity contribution in [2.45, 2.75) is 26.3 Å². The van der Waals surface area contributed by atoms with Crippen LogP contribution in [0.4, 0.5) is 5.69 Å². The number of nitriles is 1. The number of benzene rings is 1. The lowest BCUT2D eigenvalue weighted by Crippen LogP contribution is -2.44. The average Bonchev–Trinajstić information content (AvgIpc) is 2.60. The molecular formula is C18H23N3O5. The van der Waals surface area contributed by atoms with Crippen molar-refractivity contribution < 1.29 is 23.9 Å².